The van der Waals surface area contributed by atoms with Gasteiger partial charge in [-0.25, -0.2) is 9.97 Å². The molecule has 1 unspecified atom stereocenters. The van der Waals surface area contributed by atoms with Crippen LogP contribution < -0.4 is 0 Å². The van der Waals surface area contributed by atoms with E-state index in [9.17, 15) is 0 Å². The maximum atomic E-state index is 4.85. The number of rotatable bonds is 2. The largest absolute Gasteiger partial charge is 0.233 e. The summed E-state index contributed by atoms with van der Waals surface area (Å²) in [6.45, 7) is 2.03. The van der Waals surface area contributed by atoms with E-state index < -0.39 is 0 Å². The van der Waals surface area contributed by atoms with Gasteiger partial charge in [0.1, 0.15) is 0 Å². The lowest BCUT2D eigenvalue weighted by Gasteiger charge is -2.10. The molecule has 2 aliphatic rings. The van der Waals surface area contributed by atoms with Crippen molar-refractivity contribution in [2.24, 2.45) is 0 Å². The topological polar surface area (TPSA) is 25.8 Å². The molecule has 1 atom stereocenters. The van der Waals surface area contributed by atoms with Crippen LogP contribution in [0.1, 0.15) is 38.2 Å². The molecule has 0 saturated carbocycles. The zero-order valence-corrected chi connectivity index (χ0v) is 15.1. The first-order valence-electron chi connectivity index (χ1n) is 8.64. The van der Waals surface area contributed by atoms with Crippen LogP contribution in [0.3, 0.4) is 0 Å². The average Bonchev–Trinajstić information content (AvgIpc) is 3.17. The van der Waals surface area contributed by atoms with Crippen LogP contribution in [0.15, 0.2) is 54.3 Å². The summed E-state index contributed by atoms with van der Waals surface area (Å²) < 4.78 is 0. The van der Waals surface area contributed by atoms with Crippen molar-refractivity contribution >= 4 is 35.6 Å². The molecule has 0 spiro atoms. The van der Waals surface area contributed by atoms with Crippen molar-refractivity contribution in [3.05, 3.63) is 86.6 Å². The van der Waals surface area contributed by atoms with Crippen molar-refractivity contribution in [3.63, 3.8) is 0 Å². The Hall–Kier alpha value is -3.00. The standard InChI is InChI=1S/C23H16N2S/c1-15-14-20(25-23(24-15)17-6-3-2-4-7-17)16-10-12-19-18-8-5-9-21(18)26-22(19)13-11-16/h2-4,6-14,16H,1H3. The molecule has 2 heterocycles. The van der Waals surface area contributed by atoms with Gasteiger partial charge >= 0.3 is 0 Å². The zero-order valence-electron chi connectivity index (χ0n) is 14.3. The highest BCUT2D eigenvalue weighted by Gasteiger charge is 2.18. The fourth-order valence-electron chi connectivity index (χ4n) is 3.38. The molecule has 0 fully saturated rings. The van der Waals surface area contributed by atoms with Crippen LogP contribution >= 0.6 is 11.3 Å². The van der Waals surface area contributed by atoms with Crippen LogP contribution in [-0.2, 0) is 0 Å². The molecular weight excluding hydrogens is 336 g/mol. The molecule has 2 aliphatic carbocycles. The summed E-state index contributed by atoms with van der Waals surface area (Å²) >= 11 is 1.82. The molecule has 2 aromatic heterocycles. The quantitative estimate of drug-likeness (QED) is 0.415. The molecule has 0 bridgehead atoms. The van der Waals surface area contributed by atoms with E-state index in [4.69, 9.17) is 4.98 Å². The van der Waals surface area contributed by atoms with Crippen LogP contribution in [0.25, 0.3) is 35.7 Å². The second kappa shape index (κ2) is 6.06. The number of hydrogen-bond acceptors (Lipinski definition) is 3. The number of thiophene rings is 1. The van der Waals surface area contributed by atoms with Gasteiger partial charge in [0.25, 0.3) is 0 Å². The smallest absolute Gasteiger partial charge is 0.159 e. The maximum absolute atomic E-state index is 4.85. The highest BCUT2D eigenvalue weighted by molar-refractivity contribution is 7.14. The van der Waals surface area contributed by atoms with E-state index in [2.05, 4.69) is 65.4 Å². The summed E-state index contributed by atoms with van der Waals surface area (Å²) in [5.41, 5.74) is 8.84. The number of nitrogens with zero attached hydrogens (tertiary/aromatic N) is 2. The van der Waals surface area contributed by atoms with Gasteiger partial charge in [-0.05, 0) is 31.2 Å². The molecule has 0 aliphatic heterocycles. The van der Waals surface area contributed by atoms with Gasteiger partial charge in [0.05, 0.1) is 5.69 Å². The zero-order chi connectivity index (χ0) is 17.5. The Morgan fingerprint density at radius 3 is 2.65 bits per heavy atom. The summed E-state index contributed by atoms with van der Waals surface area (Å²) in [6, 6.07) is 12.2. The van der Waals surface area contributed by atoms with Gasteiger partial charge in [-0.2, -0.15) is 0 Å². The summed E-state index contributed by atoms with van der Waals surface area (Å²) in [5, 5.41) is 0. The molecule has 124 valence electrons. The van der Waals surface area contributed by atoms with Crippen LogP contribution in [-0.4, -0.2) is 9.97 Å². The number of benzene rings is 1. The second-order valence-corrected chi connectivity index (χ2v) is 7.56. The van der Waals surface area contributed by atoms with Gasteiger partial charge in [0.15, 0.2) is 5.82 Å². The number of hydrogen-bond donors (Lipinski definition) is 0. The normalized spacial score (nSPS) is 16.6. The number of aromatic nitrogens is 2. The summed E-state index contributed by atoms with van der Waals surface area (Å²) in [6.07, 6.45) is 13.1. The van der Waals surface area contributed by atoms with Gasteiger partial charge in [-0.15, -0.1) is 17.1 Å². The molecule has 0 N–H and O–H groups in total. The Morgan fingerprint density at radius 2 is 1.77 bits per heavy atom. The van der Waals surface area contributed by atoms with Crippen molar-refractivity contribution < 1.29 is 0 Å². The van der Waals surface area contributed by atoms with Crippen molar-refractivity contribution in [3.8, 4) is 11.4 Å². The predicted octanol–water partition coefficient (Wildman–Crippen LogP) is 5.98. The highest BCUT2D eigenvalue weighted by Crippen LogP contribution is 2.38. The molecule has 26 heavy (non-hydrogen) atoms. The molecule has 0 amide bonds. The molecule has 1 aromatic carbocycles. The Labute approximate surface area is 156 Å². The van der Waals surface area contributed by atoms with Crippen LogP contribution in [0.4, 0.5) is 0 Å². The third-order valence-electron chi connectivity index (χ3n) is 4.66. The maximum Gasteiger partial charge on any atom is 0.159 e. The summed E-state index contributed by atoms with van der Waals surface area (Å²) in [7, 11) is 0. The van der Waals surface area contributed by atoms with E-state index >= 15 is 0 Å². The van der Waals surface area contributed by atoms with Crippen LogP contribution in [0.2, 0.25) is 0 Å². The summed E-state index contributed by atoms with van der Waals surface area (Å²) in [5.74, 6) is 0.933. The van der Waals surface area contributed by atoms with E-state index in [0.29, 0.717) is 0 Å². The molecule has 5 rings (SSSR count). The lowest BCUT2D eigenvalue weighted by atomic mass is 10.0. The SMILES string of the molecule is Cc1cc(C2C=Cc3sc4c(c3C=C2)C=C=C4)nc(-c2ccccc2)n1. The van der Waals surface area contributed by atoms with Gasteiger partial charge in [-0.3, -0.25) is 0 Å². The molecular formula is C23H16N2S. The first-order chi connectivity index (χ1) is 12.8. The molecule has 0 radical (unpaired) electrons. The van der Waals surface area contributed by atoms with Crippen LogP contribution in [0, 0.1) is 6.92 Å². The van der Waals surface area contributed by atoms with Gasteiger partial charge in [-0.1, -0.05) is 48.6 Å². The second-order valence-electron chi connectivity index (χ2n) is 6.48. The Bertz CT molecular complexity index is 1130. The van der Waals surface area contributed by atoms with E-state index in [0.717, 1.165) is 22.8 Å². The van der Waals surface area contributed by atoms with Gasteiger partial charge in [0, 0.05) is 38.1 Å². The number of fused-ring (bicyclic) bond motifs is 3. The Kier molecular flexibility index (Phi) is 3.56. The molecule has 2 nitrogen and oxygen atoms in total. The minimum Gasteiger partial charge on any atom is -0.233 e. The third kappa shape index (κ3) is 2.59. The van der Waals surface area contributed by atoms with E-state index in [-0.39, 0.29) is 5.92 Å². The van der Waals surface area contributed by atoms with E-state index in [1.54, 1.807) is 0 Å². The third-order valence-corrected chi connectivity index (χ3v) is 5.79. The van der Waals surface area contributed by atoms with Crippen molar-refractivity contribution in [1.82, 2.24) is 9.97 Å². The van der Waals surface area contributed by atoms with Crippen molar-refractivity contribution in [2.45, 2.75) is 12.8 Å². The minimum absolute atomic E-state index is 0.146. The highest BCUT2D eigenvalue weighted by atomic mass is 32.1. The van der Waals surface area contributed by atoms with E-state index in [1.807, 2.05) is 36.5 Å². The lowest BCUT2D eigenvalue weighted by Crippen LogP contribution is -2.01. The molecule has 0 saturated heterocycles. The van der Waals surface area contributed by atoms with Crippen LogP contribution in [0.5, 0.6) is 0 Å². The summed E-state index contributed by atoms with van der Waals surface area (Å²) in [4.78, 5) is 12.1. The number of aryl methyl sites for hydroxylation is 1. The predicted molar refractivity (Wildman–Crippen MR) is 110 cm³/mol. The monoisotopic (exact) mass is 352 g/mol. The fraction of sp³-hybridized carbons (Fsp3) is 0.0870. The lowest BCUT2D eigenvalue weighted by molar-refractivity contribution is 0.960. The van der Waals surface area contributed by atoms with Crippen molar-refractivity contribution in [1.29, 1.82) is 0 Å². The Morgan fingerprint density at radius 1 is 0.923 bits per heavy atom. The first kappa shape index (κ1) is 15.3. The molecule has 3 aromatic rings. The fourth-order valence-corrected chi connectivity index (χ4v) is 4.46. The average molecular weight is 352 g/mol. The molecule has 3 heteroatoms. The van der Waals surface area contributed by atoms with Crippen molar-refractivity contribution in [2.75, 3.05) is 0 Å². The number of allylic oxidation sites excluding steroid dienone is 2. The van der Waals surface area contributed by atoms with Gasteiger partial charge in [0.2, 0.25) is 0 Å². The van der Waals surface area contributed by atoms with Gasteiger partial charge < -0.3 is 0 Å². The minimum atomic E-state index is 0.146. The van der Waals surface area contributed by atoms with E-state index in [1.165, 1.54) is 20.9 Å². The Balaban J connectivity index is 1.54. The first-order valence-corrected chi connectivity index (χ1v) is 9.46.